The fourth-order valence-electron chi connectivity index (χ4n) is 3.02. The molecule has 1 amide bonds. The SMILES string of the molecule is CCc1noc(CCCC(=O)N2CCC(NS(=O)(=O)c3cccs3)CC2)n1. The first kappa shape index (κ1) is 20.0. The van der Waals surface area contributed by atoms with E-state index in [-0.39, 0.29) is 11.9 Å². The molecule has 2 aromatic rings. The van der Waals surface area contributed by atoms with Gasteiger partial charge >= 0.3 is 0 Å². The summed E-state index contributed by atoms with van der Waals surface area (Å²) in [6.45, 7) is 3.09. The average Bonchev–Trinajstić information content (AvgIpc) is 3.34. The predicted octanol–water partition coefficient (Wildman–Crippen LogP) is 1.99. The minimum Gasteiger partial charge on any atom is -0.343 e. The molecule has 0 aliphatic carbocycles. The number of thiophene rings is 1. The Kier molecular flexibility index (Phi) is 6.61. The fraction of sp³-hybridized carbons (Fsp3) is 0.588. The molecule has 10 heteroatoms. The zero-order chi connectivity index (χ0) is 19.3. The first-order valence-electron chi connectivity index (χ1n) is 9.13. The lowest BCUT2D eigenvalue weighted by Gasteiger charge is -2.32. The van der Waals surface area contributed by atoms with E-state index >= 15 is 0 Å². The highest BCUT2D eigenvalue weighted by atomic mass is 32.2. The van der Waals surface area contributed by atoms with Crippen molar-refractivity contribution in [2.45, 2.75) is 55.7 Å². The number of sulfonamides is 1. The van der Waals surface area contributed by atoms with E-state index in [9.17, 15) is 13.2 Å². The first-order valence-corrected chi connectivity index (χ1v) is 11.5. The maximum Gasteiger partial charge on any atom is 0.250 e. The second-order valence-electron chi connectivity index (χ2n) is 6.52. The molecule has 1 saturated heterocycles. The molecule has 0 unspecified atom stereocenters. The van der Waals surface area contributed by atoms with E-state index in [4.69, 9.17) is 4.52 Å². The molecule has 0 aromatic carbocycles. The number of hydrogen-bond acceptors (Lipinski definition) is 7. The quantitative estimate of drug-likeness (QED) is 0.711. The van der Waals surface area contributed by atoms with Crippen molar-refractivity contribution in [3.63, 3.8) is 0 Å². The van der Waals surface area contributed by atoms with Gasteiger partial charge in [0.1, 0.15) is 4.21 Å². The van der Waals surface area contributed by atoms with Crippen molar-refractivity contribution in [2.75, 3.05) is 13.1 Å². The molecule has 0 saturated carbocycles. The highest BCUT2D eigenvalue weighted by Gasteiger charge is 2.26. The van der Waals surface area contributed by atoms with Crippen LogP contribution in [0.1, 0.15) is 44.3 Å². The molecule has 8 nitrogen and oxygen atoms in total. The largest absolute Gasteiger partial charge is 0.343 e. The van der Waals surface area contributed by atoms with E-state index in [1.165, 1.54) is 11.3 Å². The summed E-state index contributed by atoms with van der Waals surface area (Å²) >= 11 is 1.20. The standard InChI is InChI=1S/C17H24N4O4S2/c1-2-14-18-15(25-19-14)5-3-6-16(22)21-10-8-13(9-11-21)20-27(23,24)17-7-4-12-26-17/h4,7,12-13,20H,2-3,5-6,8-11H2,1H3. The third-order valence-corrected chi connectivity index (χ3v) is 7.46. The van der Waals surface area contributed by atoms with Crippen molar-refractivity contribution in [3.8, 4) is 0 Å². The lowest BCUT2D eigenvalue weighted by molar-refractivity contribution is -0.132. The molecule has 2 aromatic heterocycles. The molecule has 1 fully saturated rings. The molecule has 0 radical (unpaired) electrons. The van der Waals surface area contributed by atoms with Crippen LogP contribution in [0.25, 0.3) is 0 Å². The van der Waals surface area contributed by atoms with Gasteiger partial charge in [-0.3, -0.25) is 4.79 Å². The number of likely N-dealkylation sites (tertiary alicyclic amines) is 1. The van der Waals surface area contributed by atoms with E-state index < -0.39 is 10.0 Å². The Morgan fingerprint density at radius 3 is 2.81 bits per heavy atom. The molecule has 1 aliphatic rings. The molecule has 148 valence electrons. The fourth-order valence-corrected chi connectivity index (χ4v) is 5.34. The Hall–Kier alpha value is -1.78. The molecular weight excluding hydrogens is 388 g/mol. The third kappa shape index (κ3) is 5.36. The van der Waals surface area contributed by atoms with Gasteiger partial charge in [-0.1, -0.05) is 18.1 Å². The van der Waals surface area contributed by atoms with Crippen LogP contribution in [0.3, 0.4) is 0 Å². The summed E-state index contributed by atoms with van der Waals surface area (Å²) in [6.07, 6.45) is 3.66. The summed E-state index contributed by atoms with van der Waals surface area (Å²) in [4.78, 5) is 18.4. The van der Waals surface area contributed by atoms with Crippen molar-refractivity contribution in [2.24, 2.45) is 0 Å². The lowest BCUT2D eigenvalue weighted by Crippen LogP contribution is -2.46. The average molecular weight is 413 g/mol. The van der Waals surface area contributed by atoms with Gasteiger partial charge in [0.15, 0.2) is 5.82 Å². The van der Waals surface area contributed by atoms with Gasteiger partial charge < -0.3 is 9.42 Å². The van der Waals surface area contributed by atoms with Crippen molar-refractivity contribution in [1.82, 2.24) is 19.8 Å². The van der Waals surface area contributed by atoms with Crippen LogP contribution in [0, 0.1) is 0 Å². The normalized spacial score (nSPS) is 16.0. The number of nitrogens with zero attached hydrogens (tertiary/aromatic N) is 3. The van der Waals surface area contributed by atoms with Crippen molar-refractivity contribution in [3.05, 3.63) is 29.2 Å². The van der Waals surface area contributed by atoms with E-state index in [1.54, 1.807) is 22.4 Å². The number of piperidine rings is 1. The monoisotopic (exact) mass is 412 g/mol. The summed E-state index contributed by atoms with van der Waals surface area (Å²) < 4.78 is 32.7. The number of hydrogen-bond donors (Lipinski definition) is 1. The summed E-state index contributed by atoms with van der Waals surface area (Å²) in [5.74, 6) is 1.34. The predicted molar refractivity (Wildman–Crippen MR) is 101 cm³/mol. The van der Waals surface area contributed by atoms with Crippen LogP contribution in [0.5, 0.6) is 0 Å². The van der Waals surface area contributed by atoms with Gasteiger partial charge in [-0.15, -0.1) is 11.3 Å². The number of amides is 1. The van der Waals surface area contributed by atoms with Crippen LogP contribution < -0.4 is 4.72 Å². The Bertz CT molecular complexity index is 840. The van der Waals surface area contributed by atoms with Crippen LogP contribution in [0.2, 0.25) is 0 Å². The summed E-state index contributed by atoms with van der Waals surface area (Å²) in [5, 5.41) is 5.58. The Morgan fingerprint density at radius 1 is 1.41 bits per heavy atom. The molecule has 0 atom stereocenters. The van der Waals surface area contributed by atoms with E-state index in [1.807, 2.05) is 6.92 Å². The third-order valence-electron chi connectivity index (χ3n) is 4.54. The Morgan fingerprint density at radius 2 is 2.19 bits per heavy atom. The topological polar surface area (TPSA) is 105 Å². The van der Waals surface area contributed by atoms with Crippen molar-refractivity contribution >= 4 is 27.3 Å². The smallest absolute Gasteiger partial charge is 0.250 e. The second kappa shape index (κ2) is 8.94. The van der Waals surface area contributed by atoms with Gasteiger partial charge in [-0.25, -0.2) is 13.1 Å². The van der Waals surface area contributed by atoms with E-state index in [2.05, 4.69) is 14.9 Å². The molecule has 1 aliphatic heterocycles. The number of aromatic nitrogens is 2. The number of carbonyl (C=O) groups is 1. The minimum absolute atomic E-state index is 0.0878. The molecule has 3 heterocycles. The van der Waals surface area contributed by atoms with Gasteiger partial charge in [0.25, 0.3) is 0 Å². The van der Waals surface area contributed by atoms with Gasteiger partial charge in [0, 0.05) is 38.4 Å². The summed E-state index contributed by atoms with van der Waals surface area (Å²) in [5.41, 5.74) is 0. The van der Waals surface area contributed by atoms with Crippen LogP contribution in [0.4, 0.5) is 0 Å². The van der Waals surface area contributed by atoms with Crippen LogP contribution in [-0.2, 0) is 27.7 Å². The summed E-state index contributed by atoms with van der Waals surface area (Å²) in [6, 6.07) is 3.18. The molecule has 0 spiro atoms. The van der Waals surface area contributed by atoms with Crippen LogP contribution >= 0.6 is 11.3 Å². The molecule has 1 N–H and O–H groups in total. The van der Waals surface area contributed by atoms with Crippen molar-refractivity contribution in [1.29, 1.82) is 0 Å². The molecule has 3 rings (SSSR count). The van der Waals surface area contributed by atoms with Gasteiger partial charge in [0.2, 0.25) is 21.8 Å². The number of carbonyl (C=O) groups excluding carboxylic acids is 1. The number of aryl methyl sites for hydroxylation is 2. The van der Waals surface area contributed by atoms with Crippen LogP contribution in [-0.4, -0.2) is 48.5 Å². The Labute approximate surface area is 163 Å². The molecule has 27 heavy (non-hydrogen) atoms. The Balaban J connectivity index is 1.40. The lowest BCUT2D eigenvalue weighted by atomic mass is 10.1. The van der Waals surface area contributed by atoms with Crippen LogP contribution in [0.15, 0.2) is 26.2 Å². The number of rotatable bonds is 8. The zero-order valence-corrected chi connectivity index (χ0v) is 16.9. The minimum atomic E-state index is -3.46. The highest BCUT2D eigenvalue weighted by molar-refractivity contribution is 7.91. The van der Waals surface area contributed by atoms with Gasteiger partial charge in [0.05, 0.1) is 0 Å². The highest BCUT2D eigenvalue weighted by Crippen LogP contribution is 2.19. The van der Waals surface area contributed by atoms with E-state index in [0.29, 0.717) is 61.1 Å². The van der Waals surface area contributed by atoms with Crippen molar-refractivity contribution < 1.29 is 17.7 Å². The maximum atomic E-state index is 12.4. The van der Waals surface area contributed by atoms with E-state index in [0.717, 1.165) is 6.42 Å². The summed E-state index contributed by atoms with van der Waals surface area (Å²) in [7, 11) is -3.46. The second-order valence-corrected chi connectivity index (χ2v) is 9.41. The van der Waals surface area contributed by atoms with Gasteiger partial charge in [-0.2, -0.15) is 4.98 Å². The molecular formula is C17H24N4O4S2. The maximum absolute atomic E-state index is 12.4. The first-order chi connectivity index (χ1) is 13.0. The molecule has 0 bridgehead atoms. The zero-order valence-electron chi connectivity index (χ0n) is 15.3. The van der Waals surface area contributed by atoms with Gasteiger partial charge in [-0.05, 0) is 30.7 Å². The number of nitrogens with one attached hydrogen (secondary N) is 1.